The molecule has 0 amide bonds. The van der Waals surface area contributed by atoms with E-state index in [9.17, 15) is 4.79 Å². The second-order valence-electron chi connectivity index (χ2n) is 3.12. The van der Waals surface area contributed by atoms with Crippen molar-refractivity contribution >= 4 is 29.6 Å². The van der Waals surface area contributed by atoms with Crippen molar-refractivity contribution in [2.45, 2.75) is 11.3 Å². The van der Waals surface area contributed by atoms with E-state index in [4.69, 9.17) is 0 Å². The lowest BCUT2D eigenvalue weighted by atomic mass is 10.2. The van der Waals surface area contributed by atoms with Crippen LogP contribution in [-0.4, -0.2) is 25.0 Å². The van der Waals surface area contributed by atoms with E-state index in [2.05, 4.69) is 9.73 Å². The lowest BCUT2D eigenvalue weighted by molar-refractivity contribution is 0.0600. The van der Waals surface area contributed by atoms with Crippen molar-refractivity contribution in [3.8, 4) is 0 Å². The Bertz CT molecular complexity index is 415. The van der Waals surface area contributed by atoms with Gasteiger partial charge in [0, 0.05) is 16.9 Å². The minimum absolute atomic E-state index is 0.317. The summed E-state index contributed by atoms with van der Waals surface area (Å²) < 4.78 is 4.66. The van der Waals surface area contributed by atoms with Crippen LogP contribution >= 0.6 is 11.8 Å². The zero-order valence-corrected chi connectivity index (χ0v) is 9.21. The van der Waals surface area contributed by atoms with Crippen molar-refractivity contribution in [3.05, 3.63) is 23.8 Å². The SMILES string of the molecule is COC(=O)c1ccc2c(c1)N=CCCS2. The van der Waals surface area contributed by atoms with Gasteiger partial charge in [-0.05, 0) is 24.6 Å². The van der Waals surface area contributed by atoms with Gasteiger partial charge in [-0.15, -0.1) is 11.8 Å². The van der Waals surface area contributed by atoms with Gasteiger partial charge in [0.15, 0.2) is 0 Å². The molecule has 0 unspecified atom stereocenters. The number of fused-ring (bicyclic) bond motifs is 1. The summed E-state index contributed by atoms with van der Waals surface area (Å²) in [5.41, 5.74) is 1.41. The van der Waals surface area contributed by atoms with Gasteiger partial charge < -0.3 is 4.74 Å². The van der Waals surface area contributed by atoms with E-state index in [0.29, 0.717) is 5.56 Å². The molecule has 0 saturated carbocycles. The molecule has 0 aromatic heterocycles. The van der Waals surface area contributed by atoms with Crippen LogP contribution in [0.2, 0.25) is 0 Å². The van der Waals surface area contributed by atoms with Crippen molar-refractivity contribution in [3.63, 3.8) is 0 Å². The number of ether oxygens (including phenoxy) is 1. The van der Waals surface area contributed by atoms with Crippen LogP contribution in [0.3, 0.4) is 0 Å². The highest BCUT2D eigenvalue weighted by atomic mass is 32.2. The molecule has 0 bridgehead atoms. The zero-order valence-electron chi connectivity index (χ0n) is 8.40. The molecule has 1 aromatic carbocycles. The normalized spacial score (nSPS) is 14.2. The summed E-state index contributed by atoms with van der Waals surface area (Å²) in [4.78, 5) is 16.7. The number of carbonyl (C=O) groups is 1. The molecule has 1 aliphatic heterocycles. The Morgan fingerprint density at radius 2 is 2.40 bits per heavy atom. The first-order valence-electron chi connectivity index (χ1n) is 4.69. The zero-order chi connectivity index (χ0) is 10.7. The summed E-state index contributed by atoms with van der Waals surface area (Å²) in [5, 5.41) is 0. The molecular formula is C11H11NO2S. The van der Waals surface area contributed by atoms with E-state index in [1.165, 1.54) is 7.11 Å². The summed E-state index contributed by atoms with van der Waals surface area (Å²) in [6.45, 7) is 0. The summed E-state index contributed by atoms with van der Waals surface area (Å²) >= 11 is 1.76. The number of rotatable bonds is 1. The van der Waals surface area contributed by atoms with Crippen LogP contribution in [0, 0.1) is 0 Å². The number of thioether (sulfide) groups is 1. The fourth-order valence-electron chi connectivity index (χ4n) is 1.37. The van der Waals surface area contributed by atoms with E-state index < -0.39 is 0 Å². The van der Waals surface area contributed by atoms with Gasteiger partial charge in [0.1, 0.15) is 0 Å². The van der Waals surface area contributed by atoms with Crippen molar-refractivity contribution in [1.29, 1.82) is 0 Å². The molecule has 0 saturated heterocycles. The Labute approximate surface area is 92.5 Å². The van der Waals surface area contributed by atoms with Crippen LogP contribution in [0.15, 0.2) is 28.1 Å². The molecule has 15 heavy (non-hydrogen) atoms. The molecule has 0 spiro atoms. The Hall–Kier alpha value is -1.29. The average Bonchev–Trinajstić information content (AvgIpc) is 2.51. The standard InChI is InChI=1S/C11H11NO2S/c1-14-11(13)8-3-4-10-9(7-8)12-5-2-6-15-10/h3-5,7H,2,6H2,1H3. The fourth-order valence-corrected chi connectivity index (χ4v) is 2.24. The minimum atomic E-state index is -0.317. The Morgan fingerprint density at radius 3 is 3.20 bits per heavy atom. The van der Waals surface area contributed by atoms with Gasteiger partial charge in [-0.2, -0.15) is 0 Å². The fraction of sp³-hybridized carbons (Fsp3) is 0.273. The van der Waals surface area contributed by atoms with Crippen LogP contribution in [-0.2, 0) is 4.74 Å². The molecule has 4 heteroatoms. The molecule has 2 rings (SSSR count). The minimum Gasteiger partial charge on any atom is -0.465 e. The molecule has 0 radical (unpaired) electrons. The maximum atomic E-state index is 11.3. The maximum Gasteiger partial charge on any atom is 0.337 e. The third kappa shape index (κ3) is 2.21. The molecule has 1 aliphatic rings. The molecule has 1 heterocycles. The molecule has 0 atom stereocenters. The van der Waals surface area contributed by atoms with E-state index in [1.54, 1.807) is 23.9 Å². The highest BCUT2D eigenvalue weighted by Gasteiger charge is 2.10. The average molecular weight is 221 g/mol. The predicted octanol–water partition coefficient (Wildman–Crippen LogP) is 2.67. The largest absolute Gasteiger partial charge is 0.465 e. The monoisotopic (exact) mass is 221 g/mol. The first kappa shape index (κ1) is 10.2. The van der Waals surface area contributed by atoms with Crippen LogP contribution in [0.4, 0.5) is 5.69 Å². The molecule has 0 aliphatic carbocycles. The molecule has 0 N–H and O–H groups in total. The quantitative estimate of drug-likeness (QED) is 0.684. The van der Waals surface area contributed by atoms with Crippen molar-refractivity contribution in [2.75, 3.05) is 12.9 Å². The number of aliphatic imine (C=N–C) groups is 1. The van der Waals surface area contributed by atoms with Crippen LogP contribution in [0.1, 0.15) is 16.8 Å². The number of esters is 1. The predicted molar refractivity (Wildman–Crippen MR) is 61.3 cm³/mol. The summed E-state index contributed by atoms with van der Waals surface area (Å²) in [5.74, 6) is 0.718. The number of hydrogen-bond acceptors (Lipinski definition) is 4. The molecule has 78 valence electrons. The molecule has 0 fully saturated rings. The summed E-state index contributed by atoms with van der Waals surface area (Å²) in [6, 6.07) is 5.48. The van der Waals surface area contributed by atoms with E-state index >= 15 is 0 Å². The molecule has 1 aromatic rings. The van der Waals surface area contributed by atoms with Gasteiger partial charge in [-0.1, -0.05) is 0 Å². The van der Waals surface area contributed by atoms with Gasteiger partial charge in [0.2, 0.25) is 0 Å². The number of benzene rings is 1. The van der Waals surface area contributed by atoms with E-state index in [0.717, 1.165) is 22.8 Å². The van der Waals surface area contributed by atoms with Crippen LogP contribution < -0.4 is 0 Å². The van der Waals surface area contributed by atoms with Crippen molar-refractivity contribution in [1.82, 2.24) is 0 Å². The maximum absolute atomic E-state index is 11.3. The lowest BCUT2D eigenvalue weighted by Crippen LogP contribution is -2.00. The van der Waals surface area contributed by atoms with E-state index in [1.807, 2.05) is 12.3 Å². The smallest absolute Gasteiger partial charge is 0.337 e. The summed E-state index contributed by atoms with van der Waals surface area (Å²) in [7, 11) is 1.38. The van der Waals surface area contributed by atoms with Crippen LogP contribution in [0.5, 0.6) is 0 Å². The molecule has 3 nitrogen and oxygen atoms in total. The summed E-state index contributed by atoms with van der Waals surface area (Å²) in [6.07, 6.45) is 2.85. The van der Waals surface area contributed by atoms with Gasteiger partial charge >= 0.3 is 5.97 Å². The van der Waals surface area contributed by atoms with E-state index in [-0.39, 0.29) is 5.97 Å². The lowest BCUT2D eigenvalue weighted by Gasteiger charge is -2.04. The third-order valence-electron chi connectivity index (χ3n) is 2.11. The Kier molecular flexibility index (Phi) is 3.06. The highest BCUT2D eigenvalue weighted by Crippen LogP contribution is 2.32. The Morgan fingerprint density at radius 1 is 1.53 bits per heavy atom. The number of nitrogens with zero attached hydrogens (tertiary/aromatic N) is 1. The second-order valence-corrected chi connectivity index (χ2v) is 4.26. The second kappa shape index (κ2) is 4.49. The first-order chi connectivity index (χ1) is 7.31. The number of hydrogen-bond donors (Lipinski definition) is 0. The first-order valence-corrected chi connectivity index (χ1v) is 5.67. The van der Waals surface area contributed by atoms with Gasteiger partial charge in [0.25, 0.3) is 0 Å². The van der Waals surface area contributed by atoms with Gasteiger partial charge in [-0.3, -0.25) is 4.99 Å². The van der Waals surface area contributed by atoms with Crippen LogP contribution in [0.25, 0.3) is 0 Å². The van der Waals surface area contributed by atoms with Gasteiger partial charge in [-0.25, -0.2) is 4.79 Å². The van der Waals surface area contributed by atoms with Crippen molar-refractivity contribution < 1.29 is 9.53 Å². The number of carbonyl (C=O) groups excluding carboxylic acids is 1. The van der Waals surface area contributed by atoms with Gasteiger partial charge in [0.05, 0.1) is 18.4 Å². The molecular weight excluding hydrogens is 210 g/mol. The topological polar surface area (TPSA) is 38.7 Å². The third-order valence-corrected chi connectivity index (χ3v) is 3.21. The number of methoxy groups -OCH3 is 1. The highest BCUT2D eigenvalue weighted by molar-refractivity contribution is 7.99. The van der Waals surface area contributed by atoms with Crippen molar-refractivity contribution in [2.24, 2.45) is 4.99 Å². The Balaban J connectivity index is 2.39.